The molecule has 0 spiro atoms. The fourth-order valence-electron chi connectivity index (χ4n) is 3.74. The lowest BCUT2D eigenvalue weighted by Gasteiger charge is -2.40. The largest absolute Gasteiger partial charge is 0.313 e. The summed E-state index contributed by atoms with van der Waals surface area (Å²) in [6.07, 6.45) is 8.25. The molecule has 1 nitrogen and oxygen atoms in total. The van der Waals surface area contributed by atoms with Crippen LogP contribution in [-0.2, 0) is 0 Å². The third kappa shape index (κ3) is 4.26. The van der Waals surface area contributed by atoms with Crippen LogP contribution in [-0.4, -0.2) is 12.6 Å². The van der Waals surface area contributed by atoms with Gasteiger partial charge in [-0.3, -0.25) is 0 Å². The summed E-state index contributed by atoms with van der Waals surface area (Å²) in [4.78, 5) is 0. The van der Waals surface area contributed by atoms with Crippen LogP contribution in [0.2, 0.25) is 0 Å². The van der Waals surface area contributed by atoms with Crippen molar-refractivity contribution in [3.05, 3.63) is 0 Å². The summed E-state index contributed by atoms with van der Waals surface area (Å²) in [5.74, 6) is 3.66. The van der Waals surface area contributed by atoms with Crippen LogP contribution >= 0.6 is 0 Å². The van der Waals surface area contributed by atoms with Gasteiger partial charge in [0.05, 0.1) is 0 Å². The van der Waals surface area contributed by atoms with E-state index in [1.54, 1.807) is 0 Å². The van der Waals surface area contributed by atoms with E-state index >= 15 is 0 Å². The fraction of sp³-hybridized carbons (Fsp3) is 1.00. The molecule has 0 heterocycles. The summed E-state index contributed by atoms with van der Waals surface area (Å²) >= 11 is 0. The van der Waals surface area contributed by atoms with Crippen LogP contribution in [0.5, 0.6) is 0 Å². The third-order valence-electron chi connectivity index (χ3n) is 5.33. The van der Waals surface area contributed by atoms with Crippen LogP contribution in [0.3, 0.4) is 0 Å². The van der Waals surface area contributed by atoms with E-state index in [0.29, 0.717) is 0 Å². The van der Waals surface area contributed by atoms with Crippen molar-refractivity contribution in [3.8, 4) is 0 Å². The molecule has 1 aliphatic carbocycles. The van der Waals surface area contributed by atoms with Crippen LogP contribution < -0.4 is 5.32 Å². The van der Waals surface area contributed by atoms with Crippen molar-refractivity contribution in [3.63, 3.8) is 0 Å². The first-order valence-electron chi connectivity index (χ1n) is 8.37. The highest BCUT2D eigenvalue weighted by molar-refractivity contribution is 4.87. The van der Waals surface area contributed by atoms with Gasteiger partial charge in [0.25, 0.3) is 0 Å². The van der Waals surface area contributed by atoms with Crippen molar-refractivity contribution in [1.82, 2.24) is 5.32 Å². The van der Waals surface area contributed by atoms with Gasteiger partial charge in [0.1, 0.15) is 0 Å². The Morgan fingerprint density at radius 2 is 1.67 bits per heavy atom. The lowest BCUT2D eigenvalue weighted by molar-refractivity contribution is 0.137. The molecule has 4 unspecified atom stereocenters. The minimum absolute atomic E-state index is 0.773. The Morgan fingerprint density at radius 3 is 2.17 bits per heavy atom. The molecule has 0 aromatic carbocycles. The fourth-order valence-corrected chi connectivity index (χ4v) is 3.74. The average molecular weight is 253 g/mol. The van der Waals surface area contributed by atoms with Crippen LogP contribution in [0.4, 0.5) is 0 Å². The first kappa shape index (κ1) is 16.0. The SMILES string of the molecule is CCCNC(C(CC)CC)C1CCC(C)C(C)C1. The highest BCUT2D eigenvalue weighted by atomic mass is 14.9. The van der Waals surface area contributed by atoms with E-state index in [2.05, 4.69) is 39.9 Å². The zero-order chi connectivity index (χ0) is 13.5. The van der Waals surface area contributed by atoms with E-state index in [-0.39, 0.29) is 0 Å². The smallest absolute Gasteiger partial charge is 0.0123 e. The maximum atomic E-state index is 3.88. The molecule has 0 aliphatic heterocycles. The number of hydrogen-bond donors (Lipinski definition) is 1. The molecule has 0 radical (unpaired) electrons. The number of nitrogens with one attached hydrogen (secondary N) is 1. The monoisotopic (exact) mass is 253 g/mol. The molecule has 1 heteroatoms. The predicted octanol–water partition coefficient (Wildman–Crippen LogP) is 4.86. The second-order valence-corrected chi connectivity index (χ2v) is 6.58. The maximum Gasteiger partial charge on any atom is 0.0123 e. The van der Waals surface area contributed by atoms with Gasteiger partial charge in [-0.2, -0.15) is 0 Å². The van der Waals surface area contributed by atoms with E-state index in [4.69, 9.17) is 0 Å². The third-order valence-corrected chi connectivity index (χ3v) is 5.33. The quantitative estimate of drug-likeness (QED) is 0.683. The van der Waals surface area contributed by atoms with Gasteiger partial charge < -0.3 is 5.32 Å². The highest BCUT2D eigenvalue weighted by Gasteiger charge is 2.32. The molecule has 0 bridgehead atoms. The molecule has 4 atom stereocenters. The predicted molar refractivity (Wildman–Crippen MR) is 81.8 cm³/mol. The van der Waals surface area contributed by atoms with E-state index < -0.39 is 0 Å². The molecule has 0 aromatic rings. The molecule has 1 N–H and O–H groups in total. The Morgan fingerprint density at radius 1 is 1.00 bits per heavy atom. The lowest BCUT2D eigenvalue weighted by atomic mass is 9.70. The second kappa shape index (κ2) is 8.19. The summed E-state index contributed by atoms with van der Waals surface area (Å²) in [7, 11) is 0. The minimum atomic E-state index is 0.773. The normalized spacial score (nSPS) is 30.7. The van der Waals surface area contributed by atoms with Crippen molar-refractivity contribution in [2.45, 2.75) is 79.2 Å². The van der Waals surface area contributed by atoms with Crippen LogP contribution in [0.15, 0.2) is 0 Å². The Kier molecular flexibility index (Phi) is 7.29. The zero-order valence-corrected chi connectivity index (χ0v) is 13.3. The molecule has 1 aliphatic rings. The van der Waals surface area contributed by atoms with Crippen molar-refractivity contribution in [2.24, 2.45) is 23.7 Å². The van der Waals surface area contributed by atoms with Gasteiger partial charge in [-0.1, -0.05) is 53.9 Å². The first-order chi connectivity index (χ1) is 8.63. The van der Waals surface area contributed by atoms with Crippen molar-refractivity contribution >= 4 is 0 Å². The van der Waals surface area contributed by atoms with Crippen molar-refractivity contribution in [2.75, 3.05) is 6.54 Å². The minimum Gasteiger partial charge on any atom is -0.313 e. The van der Waals surface area contributed by atoms with Gasteiger partial charge >= 0.3 is 0 Å². The van der Waals surface area contributed by atoms with Gasteiger partial charge in [0, 0.05) is 6.04 Å². The van der Waals surface area contributed by atoms with Gasteiger partial charge in [-0.05, 0) is 49.5 Å². The summed E-state index contributed by atoms with van der Waals surface area (Å²) in [5.41, 5.74) is 0. The summed E-state index contributed by atoms with van der Waals surface area (Å²) in [5, 5.41) is 3.88. The Labute approximate surface area is 115 Å². The molecule has 18 heavy (non-hydrogen) atoms. The maximum absolute atomic E-state index is 3.88. The zero-order valence-electron chi connectivity index (χ0n) is 13.3. The topological polar surface area (TPSA) is 12.0 Å². The highest BCUT2D eigenvalue weighted by Crippen LogP contribution is 2.37. The summed E-state index contributed by atoms with van der Waals surface area (Å²) < 4.78 is 0. The van der Waals surface area contributed by atoms with E-state index in [9.17, 15) is 0 Å². The average Bonchev–Trinajstić information content (AvgIpc) is 2.38. The van der Waals surface area contributed by atoms with Crippen LogP contribution in [0, 0.1) is 23.7 Å². The number of hydrogen-bond acceptors (Lipinski definition) is 1. The molecule has 0 aromatic heterocycles. The Hall–Kier alpha value is -0.0400. The van der Waals surface area contributed by atoms with Crippen LogP contribution in [0.1, 0.15) is 73.1 Å². The summed E-state index contributed by atoms with van der Waals surface area (Å²) in [6.45, 7) is 13.1. The van der Waals surface area contributed by atoms with Crippen molar-refractivity contribution in [1.29, 1.82) is 0 Å². The van der Waals surface area contributed by atoms with Crippen LogP contribution in [0.25, 0.3) is 0 Å². The van der Waals surface area contributed by atoms with Crippen molar-refractivity contribution < 1.29 is 0 Å². The van der Waals surface area contributed by atoms with Gasteiger partial charge in [0.15, 0.2) is 0 Å². The molecule has 0 saturated heterocycles. The van der Waals surface area contributed by atoms with Gasteiger partial charge in [-0.15, -0.1) is 0 Å². The standard InChI is InChI=1S/C17H35N/c1-6-11-18-17(15(7-2)8-3)16-10-9-13(4)14(5)12-16/h13-18H,6-12H2,1-5H3. The first-order valence-corrected chi connectivity index (χ1v) is 8.37. The van der Waals surface area contributed by atoms with E-state index in [1.165, 1.54) is 45.1 Å². The Bertz CT molecular complexity index is 210. The molecule has 1 saturated carbocycles. The van der Waals surface area contributed by atoms with E-state index in [0.717, 1.165) is 29.7 Å². The Balaban J connectivity index is 2.63. The van der Waals surface area contributed by atoms with Gasteiger partial charge in [0.2, 0.25) is 0 Å². The second-order valence-electron chi connectivity index (χ2n) is 6.58. The molecule has 0 amide bonds. The number of rotatable bonds is 7. The molecular formula is C17H35N. The van der Waals surface area contributed by atoms with E-state index in [1.807, 2.05) is 0 Å². The van der Waals surface area contributed by atoms with Gasteiger partial charge in [-0.25, -0.2) is 0 Å². The lowest BCUT2D eigenvalue weighted by Crippen LogP contribution is -2.44. The molecular weight excluding hydrogens is 218 g/mol. The summed E-state index contributed by atoms with van der Waals surface area (Å²) in [6, 6.07) is 0.773. The molecule has 108 valence electrons. The molecule has 1 fully saturated rings. The molecule has 1 rings (SSSR count).